The van der Waals surface area contributed by atoms with Gasteiger partial charge in [0.2, 0.25) is 0 Å². The summed E-state index contributed by atoms with van der Waals surface area (Å²) in [5, 5.41) is 11.9. The van der Waals surface area contributed by atoms with Gasteiger partial charge in [-0.15, -0.1) is 0 Å². The van der Waals surface area contributed by atoms with Crippen LogP contribution in [0.5, 0.6) is 0 Å². The van der Waals surface area contributed by atoms with E-state index >= 15 is 0 Å². The van der Waals surface area contributed by atoms with Crippen molar-refractivity contribution in [1.29, 1.82) is 0 Å². The van der Waals surface area contributed by atoms with Crippen LogP contribution in [0.2, 0.25) is 0 Å². The molecule has 5 heteroatoms. The van der Waals surface area contributed by atoms with E-state index in [1.54, 1.807) is 39.3 Å². The Hall–Kier alpha value is -1.62. The lowest BCUT2D eigenvalue weighted by Crippen LogP contribution is -2.37. The molecule has 0 aliphatic carbocycles. The molecule has 5 nitrogen and oxygen atoms in total. The number of nitrogens with one attached hydrogen (secondary N) is 1. The van der Waals surface area contributed by atoms with Crippen LogP contribution in [-0.2, 0) is 0 Å². The van der Waals surface area contributed by atoms with Crippen molar-refractivity contribution in [1.82, 2.24) is 9.88 Å². The van der Waals surface area contributed by atoms with Gasteiger partial charge in [0, 0.05) is 20.3 Å². The molecule has 1 heterocycles. The van der Waals surface area contributed by atoms with Crippen LogP contribution in [0.15, 0.2) is 18.3 Å². The van der Waals surface area contributed by atoms with Gasteiger partial charge in [0.05, 0.1) is 18.2 Å². The molecule has 0 aliphatic rings. The summed E-state index contributed by atoms with van der Waals surface area (Å²) >= 11 is 0. The number of carbonyl (C=O) groups excluding carboxylic acids is 1. The number of aromatic nitrogens is 1. The maximum Gasteiger partial charge on any atom is 0.257 e. The SMILES string of the molecule is CNc1ncccc1C(=O)N(C)C(C)CO. The predicted molar refractivity (Wildman–Crippen MR) is 62.4 cm³/mol. The molecular weight excluding hydrogens is 206 g/mol. The van der Waals surface area contributed by atoms with Crippen molar-refractivity contribution in [3.8, 4) is 0 Å². The minimum absolute atomic E-state index is 0.0581. The van der Waals surface area contributed by atoms with Gasteiger partial charge in [-0.2, -0.15) is 0 Å². The normalized spacial score (nSPS) is 12.0. The van der Waals surface area contributed by atoms with E-state index in [9.17, 15) is 4.79 Å². The number of aliphatic hydroxyl groups is 1. The van der Waals surface area contributed by atoms with E-state index in [0.717, 1.165) is 0 Å². The second kappa shape index (κ2) is 5.46. The maximum atomic E-state index is 12.1. The van der Waals surface area contributed by atoms with Crippen molar-refractivity contribution in [3.63, 3.8) is 0 Å². The van der Waals surface area contributed by atoms with Crippen LogP contribution >= 0.6 is 0 Å². The van der Waals surface area contributed by atoms with Gasteiger partial charge >= 0.3 is 0 Å². The number of amides is 1. The fraction of sp³-hybridized carbons (Fsp3) is 0.455. The number of hydrogen-bond acceptors (Lipinski definition) is 4. The maximum absolute atomic E-state index is 12.1. The lowest BCUT2D eigenvalue weighted by Gasteiger charge is -2.23. The molecule has 0 radical (unpaired) electrons. The zero-order valence-corrected chi connectivity index (χ0v) is 9.77. The van der Waals surface area contributed by atoms with E-state index in [0.29, 0.717) is 11.4 Å². The van der Waals surface area contributed by atoms with Crippen LogP contribution in [0.1, 0.15) is 17.3 Å². The first-order valence-corrected chi connectivity index (χ1v) is 5.12. The molecule has 1 aromatic heterocycles. The molecule has 0 fully saturated rings. The van der Waals surface area contributed by atoms with Gasteiger partial charge < -0.3 is 15.3 Å². The molecular formula is C11H17N3O2. The van der Waals surface area contributed by atoms with Gasteiger partial charge in [0.1, 0.15) is 5.82 Å². The zero-order valence-electron chi connectivity index (χ0n) is 9.77. The van der Waals surface area contributed by atoms with E-state index in [1.807, 2.05) is 0 Å². The van der Waals surface area contributed by atoms with Crippen molar-refractivity contribution in [3.05, 3.63) is 23.9 Å². The summed E-state index contributed by atoms with van der Waals surface area (Å²) in [4.78, 5) is 17.6. The fourth-order valence-electron chi connectivity index (χ4n) is 1.29. The quantitative estimate of drug-likeness (QED) is 0.783. The van der Waals surface area contributed by atoms with Crippen LogP contribution < -0.4 is 5.32 Å². The average molecular weight is 223 g/mol. The number of aliphatic hydroxyl groups excluding tert-OH is 1. The minimum atomic E-state index is -0.211. The molecule has 16 heavy (non-hydrogen) atoms. The van der Waals surface area contributed by atoms with E-state index in [-0.39, 0.29) is 18.6 Å². The minimum Gasteiger partial charge on any atom is -0.394 e. The van der Waals surface area contributed by atoms with E-state index in [4.69, 9.17) is 5.11 Å². The molecule has 1 rings (SSSR count). The Kier molecular flexibility index (Phi) is 4.25. The van der Waals surface area contributed by atoms with Gasteiger partial charge in [-0.1, -0.05) is 0 Å². The van der Waals surface area contributed by atoms with Crippen LogP contribution in [0.3, 0.4) is 0 Å². The Morgan fingerprint density at radius 1 is 1.69 bits per heavy atom. The van der Waals surface area contributed by atoms with Crippen molar-refractivity contribution >= 4 is 11.7 Å². The topological polar surface area (TPSA) is 65.5 Å². The number of nitrogens with zero attached hydrogens (tertiary/aromatic N) is 2. The Balaban J connectivity index is 2.95. The second-order valence-corrected chi connectivity index (χ2v) is 3.60. The summed E-state index contributed by atoms with van der Waals surface area (Å²) in [5.41, 5.74) is 0.507. The van der Waals surface area contributed by atoms with Crippen LogP contribution in [0.25, 0.3) is 0 Å². The van der Waals surface area contributed by atoms with Crippen molar-refractivity contribution < 1.29 is 9.90 Å². The molecule has 1 atom stereocenters. The molecule has 1 amide bonds. The van der Waals surface area contributed by atoms with Crippen molar-refractivity contribution in [2.75, 3.05) is 26.0 Å². The van der Waals surface area contributed by atoms with Crippen molar-refractivity contribution in [2.45, 2.75) is 13.0 Å². The van der Waals surface area contributed by atoms with Gasteiger partial charge in [-0.3, -0.25) is 4.79 Å². The Labute approximate surface area is 95.1 Å². The number of rotatable bonds is 4. The summed E-state index contributed by atoms with van der Waals surface area (Å²) in [5.74, 6) is 0.392. The Morgan fingerprint density at radius 3 is 2.94 bits per heavy atom. The fourth-order valence-corrected chi connectivity index (χ4v) is 1.29. The summed E-state index contributed by atoms with van der Waals surface area (Å²) in [6.45, 7) is 1.73. The summed E-state index contributed by atoms with van der Waals surface area (Å²) < 4.78 is 0. The number of pyridine rings is 1. The summed E-state index contributed by atoms with van der Waals surface area (Å²) in [6.07, 6.45) is 1.62. The molecule has 1 aromatic rings. The highest BCUT2D eigenvalue weighted by Crippen LogP contribution is 2.14. The molecule has 0 bridgehead atoms. The largest absolute Gasteiger partial charge is 0.394 e. The molecule has 1 unspecified atom stereocenters. The third-order valence-electron chi connectivity index (χ3n) is 2.52. The first kappa shape index (κ1) is 12.4. The lowest BCUT2D eigenvalue weighted by molar-refractivity contribution is 0.0683. The number of anilines is 1. The highest BCUT2D eigenvalue weighted by atomic mass is 16.3. The smallest absolute Gasteiger partial charge is 0.257 e. The van der Waals surface area contributed by atoms with E-state index in [1.165, 1.54) is 4.90 Å². The standard InChI is InChI=1S/C11H17N3O2/c1-8(7-15)14(3)11(16)9-5-4-6-13-10(9)12-2/h4-6,8,15H,7H2,1-3H3,(H,12,13). The highest BCUT2D eigenvalue weighted by molar-refractivity contribution is 5.98. The molecule has 88 valence electrons. The van der Waals surface area contributed by atoms with Crippen molar-refractivity contribution in [2.24, 2.45) is 0 Å². The van der Waals surface area contributed by atoms with E-state index in [2.05, 4.69) is 10.3 Å². The second-order valence-electron chi connectivity index (χ2n) is 3.60. The predicted octanol–water partition coefficient (Wildman–Crippen LogP) is 0.576. The third-order valence-corrected chi connectivity index (χ3v) is 2.52. The molecule has 0 saturated carbocycles. The van der Waals surface area contributed by atoms with E-state index < -0.39 is 0 Å². The molecule has 0 aromatic carbocycles. The van der Waals surface area contributed by atoms with Gasteiger partial charge in [-0.25, -0.2) is 4.98 Å². The summed E-state index contributed by atoms with van der Waals surface area (Å²) in [7, 11) is 3.38. The highest BCUT2D eigenvalue weighted by Gasteiger charge is 2.19. The van der Waals surface area contributed by atoms with Crippen LogP contribution in [0.4, 0.5) is 5.82 Å². The van der Waals surface area contributed by atoms with Crippen LogP contribution in [-0.4, -0.2) is 47.6 Å². The molecule has 0 spiro atoms. The van der Waals surface area contributed by atoms with Crippen LogP contribution in [0, 0.1) is 0 Å². The van der Waals surface area contributed by atoms with Gasteiger partial charge in [-0.05, 0) is 19.1 Å². The Morgan fingerprint density at radius 2 is 2.38 bits per heavy atom. The third kappa shape index (κ3) is 2.49. The Bertz CT molecular complexity index is 368. The average Bonchev–Trinajstić information content (AvgIpc) is 2.35. The molecule has 0 aliphatic heterocycles. The molecule has 0 saturated heterocycles. The zero-order chi connectivity index (χ0) is 12.1. The monoisotopic (exact) mass is 223 g/mol. The molecule has 2 N–H and O–H groups in total. The first-order chi connectivity index (χ1) is 7.61. The summed E-state index contributed by atoms with van der Waals surface area (Å²) in [6, 6.07) is 3.21. The van der Waals surface area contributed by atoms with Gasteiger partial charge in [0.15, 0.2) is 0 Å². The lowest BCUT2D eigenvalue weighted by atomic mass is 10.2. The number of hydrogen-bond donors (Lipinski definition) is 2. The van der Waals surface area contributed by atoms with Gasteiger partial charge in [0.25, 0.3) is 5.91 Å². The number of likely N-dealkylation sites (N-methyl/N-ethyl adjacent to an activating group) is 1. The first-order valence-electron chi connectivity index (χ1n) is 5.12. The number of carbonyl (C=O) groups is 1.